The predicted octanol–water partition coefficient (Wildman–Crippen LogP) is 0.332. The molecule has 146 valence electrons. The van der Waals surface area contributed by atoms with Gasteiger partial charge in [0.2, 0.25) is 10.0 Å². The highest BCUT2D eigenvalue weighted by atomic mass is 32.2. The van der Waals surface area contributed by atoms with E-state index in [9.17, 15) is 8.42 Å². The van der Waals surface area contributed by atoms with Crippen molar-refractivity contribution in [3.8, 4) is 5.75 Å². The topological polar surface area (TPSA) is 86.3 Å². The van der Waals surface area contributed by atoms with Crippen molar-refractivity contribution in [3.05, 3.63) is 24.3 Å². The third-order valence-corrected chi connectivity index (χ3v) is 5.74. The van der Waals surface area contributed by atoms with Crippen molar-refractivity contribution >= 4 is 21.7 Å². The number of anilines is 1. The molecule has 0 aromatic heterocycles. The van der Waals surface area contributed by atoms with E-state index in [1.54, 1.807) is 21.1 Å². The van der Waals surface area contributed by atoms with Gasteiger partial charge in [-0.2, -0.15) is 0 Å². The van der Waals surface area contributed by atoms with Crippen molar-refractivity contribution in [2.75, 3.05) is 64.1 Å². The van der Waals surface area contributed by atoms with Gasteiger partial charge in [0.15, 0.2) is 5.96 Å². The monoisotopic (exact) mass is 383 g/mol. The van der Waals surface area contributed by atoms with Gasteiger partial charge in [0, 0.05) is 52.0 Å². The van der Waals surface area contributed by atoms with Crippen LogP contribution >= 0.6 is 0 Å². The minimum absolute atomic E-state index is 0.0923. The molecule has 8 nitrogen and oxygen atoms in total. The van der Waals surface area contributed by atoms with Gasteiger partial charge in [0.1, 0.15) is 5.75 Å². The summed E-state index contributed by atoms with van der Waals surface area (Å²) in [6.45, 7) is 5.98. The van der Waals surface area contributed by atoms with E-state index in [2.05, 4.69) is 37.0 Å². The largest absolute Gasteiger partial charge is 0.497 e. The third kappa shape index (κ3) is 5.77. The fourth-order valence-corrected chi connectivity index (χ4v) is 3.40. The zero-order valence-electron chi connectivity index (χ0n) is 15.7. The zero-order chi connectivity index (χ0) is 19.0. The molecular weight excluding hydrogens is 354 g/mol. The van der Waals surface area contributed by atoms with Crippen molar-refractivity contribution in [1.29, 1.82) is 0 Å². The molecule has 0 aliphatic carbocycles. The summed E-state index contributed by atoms with van der Waals surface area (Å²) in [6, 6.07) is 8.09. The highest BCUT2D eigenvalue weighted by Crippen LogP contribution is 2.20. The van der Waals surface area contributed by atoms with Crippen LogP contribution < -0.4 is 19.7 Å². The highest BCUT2D eigenvalue weighted by molar-refractivity contribution is 7.89. The van der Waals surface area contributed by atoms with E-state index < -0.39 is 10.0 Å². The molecule has 1 saturated heterocycles. The molecule has 0 unspecified atom stereocenters. The zero-order valence-corrected chi connectivity index (χ0v) is 16.6. The molecule has 26 heavy (non-hydrogen) atoms. The molecule has 0 radical (unpaired) electrons. The summed E-state index contributed by atoms with van der Waals surface area (Å²) in [7, 11) is 0.260. The van der Waals surface area contributed by atoms with Crippen LogP contribution in [0.1, 0.15) is 6.92 Å². The molecule has 0 saturated carbocycles. The van der Waals surface area contributed by atoms with E-state index in [0.29, 0.717) is 13.1 Å². The summed E-state index contributed by atoms with van der Waals surface area (Å²) >= 11 is 0. The SMILES string of the molecule is CCS(=O)(=O)NCCNC(=NC)N1CCN(c2ccc(OC)cc2)CC1. The number of sulfonamides is 1. The fourth-order valence-electron chi connectivity index (χ4n) is 2.78. The summed E-state index contributed by atoms with van der Waals surface area (Å²) in [5.74, 6) is 1.75. The lowest BCUT2D eigenvalue weighted by atomic mass is 10.2. The van der Waals surface area contributed by atoms with Gasteiger partial charge in [0.25, 0.3) is 0 Å². The lowest BCUT2D eigenvalue weighted by Crippen LogP contribution is -2.53. The Morgan fingerprint density at radius 3 is 2.35 bits per heavy atom. The summed E-state index contributed by atoms with van der Waals surface area (Å²) in [5.41, 5.74) is 1.18. The molecule has 0 amide bonds. The number of aliphatic imine (C=N–C) groups is 1. The number of ether oxygens (including phenoxy) is 1. The number of hydrogen-bond donors (Lipinski definition) is 2. The van der Waals surface area contributed by atoms with Crippen LogP contribution in [0.25, 0.3) is 0 Å². The van der Waals surface area contributed by atoms with Gasteiger partial charge in [0.05, 0.1) is 12.9 Å². The van der Waals surface area contributed by atoms with Crippen LogP contribution in [-0.4, -0.2) is 78.5 Å². The molecule has 2 rings (SSSR count). The van der Waals surface area contributed by atoms with E-state index in [1.165, 1.54) is 5.69 Å². The molecule has 1 aliphatic heterocycles. The second-order valence-corrected chi connectivity index (χ2v) is 8.04. The molecule has 1 fully saturated rings. The Morgan fingerprint density at radius 2 is 1.81 bits per heavy atom. The first-order chi connectivity index (χ1) is 12.5. The van der Waals surface area contributed by atoms with E-state index in [4.69, 9.17) is 4.74 Å². The summed E-state index contributed by atoms with van der Waals surface area (Å²) < 4.78 is 30.6. The Morgan fingerprint density at radius 1 is 1.15 bits per heavy atom. The van der Waals surface area contributed by atoms with Gasteiger partial charge in [-0.3, -0.25) is 4.99 Å². The summed E-state index contributed by atoms with van der Waals surface area (Å²) in [4.78, 5) is 8.83. The molecule has 0 atom stereocenters. The molecule has 1 heterocycles. The first-order valence-corrected chi connectivity index (χ1v) is 10.5. The minimum Gasteiger partial charge on any atom is -0.497 e. The molecule has 0 bridgehead atoms. The van der Waals surface area contributed by atoms with Gasteiger partial charge in [-0.05, 0) is 31.2 Å². The Labute approximate surface area is 156 Å². The van der Waals surface area contributed by atoms with Crippen LogP contribution in [0, 0.1) is 0 Å². The van der Waals surface area contributed by atoms with Crippen LogP contribution in [0.3, 0.4) is 0 Å². The number of guanidine groups is 1. The lowest BCUT2D eigenvalue weighted by molar-refractivity contribution is 0.373. The number of benzene rings is 1. The fraction of sp³-hybridized carbons (Fsp3) is 0.588. The molecular formula is C17H29N5O3S. The van der Waals surface area contributed by atoms with Crippen LogP contribution in [0.15, 0.2) is 29.3 Å². The Bertz CT molecular complexity index is 683. The summed E-state index contributed by atoms with van der Waals surface area (Å²) in [5, 5.41) is 3.22. The predicted molar refractivity (Wildman–Crippen MR) is 106 cm³/mol. The van der Waals surface area contributed by atoms with Crippen molar-refractivity contribution in [2.24, 2.45) is 4.99 Å². The maximum absolute atomic E-state index is 11.4. The second-order valence-electron chi connectivity index (χ2n) is 5.94. The molecule has 0 spiro atoms. The standard InChI is InChI=1S/C17H29N5O3S/c1-4-26(23,24)20-10-9-19-17(18-2)22-13-11-21(12-14-22)15-5-7-16(25-3)8-6-15/h5-8,20H,4,9-14H2,1-3H3,(H,18,19). The van der Waals surface area contributed by atoms with E-state index in [0.717, 1.165) is 37.9 Å². The molecule has 1 aliphatic rings. The van der Waals surface area contributed by atoms with Crippen molar-refractivity contribution in [1.82, 2.24) is 14.9 Å². The van der Waals surface area contributed by atoms with Crippen molar-refractivity contribution in [2.45, 2.75) is 6.92 Å². The van der Waals surface area contributed by atoms with Crippen LogP contribution in [0.4, 0.5) is 5.69 Å². The van der Waals surface area contributed by atoms with Gasteiger partial charge in [-0.15, -0.1) is 0 Å². The number of hydrogen-bond acceptors (Lipinski definition) is 5. The average molecular weight is 384 g/mol. The van der Waals surface area contributed by atoms with E-state index in [-0.39, 0.29) is 5.75 Å². The number of nitrogens with zero attached hydrogens (tertiary/aromatic N) is 3. The van der Waals surface area contributed by atoms with Crippen LogP contribution in [-0.2, 0) is 10.0 Å². The first kappa shape index (κ1) is 20.3. The Balaban J connectivity index is 1.79. The van der Waals surface area contributed by atoms with E-state index in [1.807, 2.05) is 12.1 Å². The van der Waals surface area contributed by atoms with E-state index >= 15 is 0 Å². The Kier molecular flexibility index (Phi) is 7.52. The average Bonchev–Trinajstić information content (AvgIpc) is 2.68. The number of methoxy groups -OCH3 is 1. The van der Waals surface area contributed by atoms with Crippen molar-refractivity contribution in [3.63, 3.8) is 0 Å². The number of piperazine rings is 1. The molecule has 9 heteroatoms. The number of rotatable bonds is 7. The summed E-state index contributed by atoms with van der Waals surface area (Å²) in [6.07, 6.45) is 0. The smallest absolute Gasteiger partial charge is 0.211 e. The van der Waals surface area contributed by atoms with Gasteiger partial charge < -0.3 is 19.9 Å². The molecule has 1 aromatic carbocycles. The molecule has 1 aromatic rings. The maximum Gasteiger partial charge on any atom is 0.211 e. The third-order valence-electron chi connectivity index (χ3n) is 4.34. The second kappa shape index (κ2) is 9.63. The molecule has 2 N–H and O–H groups in total. The van der Waals surface area contributed by atoms with Gasteiger partial charge >= 0.3 is 0 Å². The Hall–Kier alpha value is -2.00. The lowest BCUT2D eigenvalue weighted by Gasteiger charge is -2.37. The maximum atomic E-state index is 11.4. The highest BCUT2D eigenvalue weighted by Gasteiger charge is 2.19. The number of nitrogens with one attached hydrogen (secondary N) is 2. The normalized spacial score (nSPS) is 15.9. The first-order valence-electron chi connectivity index (χ1n) is 8.81. The van der Waals surface area contributed by atoms with Crippen molar-refractivity contribution < 1.29 is 13.2 Å². The van der Waals surface area contributed by atoms with Gasteiger partial charge in [-0.1, -0.05) is 0 Å². The minimum atomic E-state index is -3.15. The van der Waals surface area contributed by atoms with Crippen LogP contribution in [0.5, 0.6) is 5.75 Å². The quantitative estimate of drug-likeness (QED) is 0.401. The van der Waals surface area contributed by atoms with Crippen LogP contribution in [0.2, 0.25) is 0 Å². The van der Waals surface area contributed by atoms with Gasteiger partial charge in [-0.25, -0.2) is 13.1 Å².